The maximum Gasteiger partial charge on any atom is 0.170 e. The van der Waals surface area contributed by atoms with E-state index < -0.39 is 0 Å². The lowest BCUT2D eigenvalue weighted by Gasteiger charge is -2.03. The Morgan fingerprint density at radius 1 is 1.12 bits per heavy atom. The molecule has 0 spiro atoms. The Kier molecular flexibility index (Phi) is 2.96. The second kappa shape index (κ2) is 4.57. The van der Waals surface area contributed by atoms with Crippen LogP contribution in [0.4, 0.5) is 0 Å². The van der Waals surface area contributed by atoms with Crippen molar-refractivity contribution in [1.29, 1.82) is 0 Å². The zero-order valence-electron chi connectivity index (χ0n) is 8.63. The minimum atomic E-state index is -0.0932. The van der Waals surface area contributed by atoms with E-state index in [4.69, 9.17) is 0 Å². The molecule has 1 heterocycles. The molecular formula is C13H11NO2. The molecule has 3 nitrogen and oxygen atoms in total. The van der Waals surface area contributed by atoms with Gasteiger partial charge in [-0.15, -0.1) is 0 Å². The van der Waals surface area contributed by atoms with Gasteiger partial charge in [0, 0.05) is 18.8 Å². The van der Waals surface area contributed by atoms with Crippen LogP contribution in [0, 0.1) is 0 Å². The standard InChI is InChI=1S/C13H11NO2/c15-12-4-2-1-3-11(12)13(16)9-10-5-7-14-8-6-10/h1-8,15H,9H2. The first-order chi connectivity index (χ1) is 7.77. The first-order valence-electron chi connectivity index (χ1n) is 4.97. The zero-order valence-corrected chi connectivity index (χ0v) is 8.63. The van der Waals surface area contributed by atoms with Crippen LogP contribution in [0.5, 0.6) is 5.75 Å². The Morgan fingerprint density at radius 2 is 1.81 bits per heavy atom. The normalized spacial score (nSPS) is 10.0. The summed E-state index contributed by atoms with van der Waals surface area (Å²) in [5.74, 6) is -0.0640. The van der Waals surface area contributed by atoms with E-state index in [2.05, 4.69) is 4.98 Å². The summed E-state index contributed by atoms with van der Waals surface area (Å²) in [5.41, 5.74) is 1.25. The zero-order chi connectivity index (χ0) is 11.4. The number of carbonyl (C=O) groups excluding carboxylic acids is 1. The summed E-state index contributed by atoms with van der Waals surface area (Å²) in [5, 5.41) is 9.53. The molecule has 1 aromatic heterocycles. The largest absolute Gasteiger partial charge is 0.507 e. The molecule has 0 aliphatic carbocycles. The van der Waals surface area contributed by atoms with Crippen molar-refractivity contribution < 1.29 is 9.90 Å². The van der Waals surface area contributed by atoms with Crippen molar-refractivity contribution in [3.8, 4) is 5.75 Å². The topological polar surface area (TPSA) is 50.2 Å². The quantitative estimate of drug-likeness (QED) is 0.795. The van der Waals surface area contributed by atoms with E-state index in [0.717, 1.165) is 5.56 Å². The van der Waals surface area contributed by atoms with Crippen molar-refractivity contribution in [1.82, 2.24) is 4.98 Å². The van der Waals surface area contributed by atoms with Gasteiger partial charge in [-0.2, -0.15) is 0 Å². The molecule has 2 aromatic rings. The molecule has 0 unspecified atom stereocenters. The fourth-order valence-corrected chi connectivity index (χ4v) is 1.49. The Labute approximate surface area is 93.4 Å². The molecule has 1 N–H and O–H groups in total. The molecule has 0 radical (unpaired) electrons. The predicted molar refractivity (Wildman–Crippen MR) is 60.4 cm³/mol. The second-order valence-corrected chi connectivity index (χ2v) is 3.47. The molecule has 80 valence electrons. The third-order valence-corrected chi connectivity index (χ3v) is 2.32. The number of nitrogens with zero attached hydrogens (tertiary/aromatic N) is 1. The number of phenols is 1. The van der Waals surface area contributed by atoms with Crippen LogP contribution in [0.25, 0.3) is 0 Å². The van der Waals surface area contributed by atoms with Crippen LogP contribution in [0.3, 0.4) is 0 Å². The van der Waals surface area contributed by atoms with Gasteiger partial charge in [-0.25, -0.2) is 0 Å². The number of rotatable bonds is 3. The van der Waals surface area contributed by atoms with Gasteiger partial charge in [0.15, 0.2) is 5.78 Å². The SMILES string of the molecule is O=C(Cc1ccncc1)c1ccccc1O. The number of pyridine rings is 1. The van der Waals surface area contributed by atoms with Gasteiger partial charge in [0.05, 0.1) is 5.56 Å². The number of aromatic nitrogens is 1. The summed E-state index contributed by atoms with van der Waals surface area (Å²) < 4.78 is 0. The van der Waals surface area contributed by atoms with Crippen LogP contribution in [0.2, 0.25) is 0 Å². The highest BCUT2D eigenvalue weighted by atomic mass is 16.3. The summed E-state index contributed by atoms with van der Waals surface area (Å²) in [6.45, 7) is 0. The van der Waals surface area contributed by atoms with Crippen molar-refractivity contribution in [2.75, 3.05) is 0 Å². The van der Waals surface area contributed by atoms with Crippen LogP contribution in [-0.2, 0) is 6.42 Å². The Hall–Kier alpha value is -2.16. The minimum absolute atomic E-state index is 0.0292. The predicted octanol–water partition coefficient (Wildman–Crippen LogP) is 2.21. The van der Waals surface area contributed by atoms with E-state index in [1.807, 2.05) is 0 Å². The van der Waals surface area contributed by atoms with Gasteiger partial charge < -0.3 is 5.11 Å². The van der Waals surface area contributed by atoms with Crippen LogP contribution < -0.4 is 0 Å². The third-order valence-electron chi connectivity index (χ3n) is 2.32. The number of hydrogen-bond acceptors (Lipinski definition) is 3. The Bertz CT molecular complexity index is 494. The molecular weight excluding hydrogens is 202 g/mol. The van der Waals surface area contributed by atoms with Gasteiger partial charge in [-0.1, -0.05) is 12.1 Å². The smallest absolute Gasteiger partial charge is 0.170 e. The average molecular weight is 213 g/mol. The lowest BCUT2D eigenvalue weighted by atomic mass is 10.0. The van der Waals surface area contributed by atoms with Crippen LogP contribution in [0.15, 0.2) is 48.8 Å². The number of phenolic OH excluding ortho intramolecular Hbond substituents is 1. The van der Waals surface area contributed by atoms with Gasteiger partial charge in [0.2, 0.25) is 0 Å². The Balaban J connectivity index is 2.19. The highest BCUT2D eigenvalue weighted by molar-refractivity contribution is 5.99. The van der Waals surface area contributed by atoms with E-state index >= 15 is 0 Å². The summed E-state index contributed by atoms with van der Waals surface area (Å²) in [4.78, 5) is 15.7. The fraction of sp³-hybridized carbons (Fsp3) is 0.0769. The van der Waals surface area contributed by atoms with Crippen LogP contribution in [0.1, 0.15) is 15.9 Å². The van der Waals surface area contributed by atoms with Crippen molar-refractivity contribution in [3.63, 3.8) is 0 Å². The highest BCUT2D eigenvalue weighted by Crippen LogP contribution is 2.17. The molecule has 0 amide bonds. The maximum atomic E-state index is 11.9. The number of para-hydroxylation sites is 1. The minimum Gasteiger partial charge on any atom is -0.507 e. The first kappa shape index (κ1) is 10.4. The van der Waals surface area contributed by atoms with Gasteiger partial charge in [0.25, 0.3) is 0 Å². The van der Waals surface area contributed by atoms with Crippen molar-refractivity contribution in [2.24, 2.45) is 0 Å². The monoisotopic (exact) mass is 213 g/mol. The molecule has 0 fully saturated rings. The fourth-order valence-electron chi connectivity index (χ4n) is 1.49. The van der Waals surface area contributed by atoms with Gasteiger partial charge in [0.1, 0.15) is 5.75 Å². The van der Waals surface area contributed by atoms with Gasteiger partial charge >= 0.3 is 0 Å². The number of hydrogen-bond donors (Lipinski definition) is 1. The van der Waals surface area contributed by atoms with E-state index in [-0.39, 0.29) is 18.0 Å². The molecule has 0 aliphatic rings. The number of aromatic hydroxyl groups is 1. The molecule has 0 saturated carbocycles. The summed E-state index contributed by atoms with van der Waals surface area (Å²) in [6.07, 6.45) is 3.57. The molecule has 3 heteroatoms. The van der Waals surface area contributed by atoms with Crippen molar-refractivity contribution in [3.05, 3.63) is 59.9 Å². The number of ketones is 1. The van der Waals surface area contributed by atoms with Gasteiger partial charge in [-0.3, -0.25) is 9.78 Å². The number of Topliss-reactive ketones (excluding diaryl/α,β-unsaturated/α-hetero) is 1. The molecule has 16 heavy (non-hydrogen) atoms. The second-order valence-electron chi connectivity index (χ2n) is 3.47. The highest BCUT2D eigenvalue weighted by Gasteiger charge is 2.10. The average Bonchev–Trinajstić information content (AvgIpc) is 2.31. The lowest BCUT2D eigenvalue weighted by Crippen LogP contribution is -2.03. The maximum absolute atomic E-state index is 11.9. The van der Waals surface area contributed by atoms with Crippen LogP contribution in [-0.4, -0.2) is 15.9 Å². The van der Waals surface area contributed by atoms with Gasteiger partial charge in [-0.05, 0) is 29.8 Å². The summed E-state index contributed by atoms with van der Waals surface area (Å²) in [7, 11) is 0. The van der Waals surface area contributed by atoms with E-state index in [1.165, 1.54) is 6.07 Å². The molecule has 0 bridgehead atoms. The first-order valence-corrected chi connectivity index (χ1v) is 4.97. The lowest BCUT2D eigenvalue weighted by molar-refractivity contribution is 0.0990. The third kappa shape index (κ3) is 2.25. The van der Waals surface area contributed by atoms with Crippen molar-refractivity contribution in [2.45, 2.75) is 6.42 Å². The molecule has 0 saturated heterocycles. The number of benzene rings is 1. The van der Waals surface area contributed by atoms with Crippen molar-refractivity contribution >= 4 is 5.78 Å². The summed E-state index contributed by atoms with van der Waals surface area (Å²) >= 11 is 0. The molecule has 0 aliphatic heterocycles. The molecule has 2 rings (SSSR count). The molecule has 0 atom stereocenters. The van der Waals surface area contributed by atoms with E-state index in [0.29, 0.717) is 5.56 Å². The van der Waals surface area contributed by atoms with E-state index in [1.54, 1.807) is 42.7 Å². The van der Waals surface area contributed by atoms with E-state index in [9.17, 15) is 9.90 Å². The van der Waals surface area contributed by atoms with Crippen LogP contribution >= 0.6 is 0 Å². The summed E-state index contributed by atoms with van der Waals surface area (Å²) in [6, 6.07) is 10.1. The number of carbonyl (C=O) groups is 1. The Morgan fingerprint density at radius 3 is 2.50 bits per heavy atom. The molecule has 1 aromatic carbocycles.